The van der Waals surface area contributed by atoms with Gasteiger partial charge in [0.15, 0.2) is 23.0 Å². The lowest BCUT2D eigenvalue weighted by Crippen LogP contribution is -2.48. The number of fused-ring (bicyclic) bond motifs is 1. The number of anilines is 1. The van der Waals surface area contributed by atoms with E-state index >= 15 is 0 Å². The SMILES string of the molecule is COC(=O)c1c(-c2cc(OC)c(OC)c(OC)c2)c2cc(OC)c(OC(=O)N3CCN(C)CC3)cc2c(=O)n1-c1ccc(N)cc1.Cl.Cl. The zero-order valence-electron chi connectivity index (χ0n) is 27.4. The number of halogens is 2. The number of nitrogens with two attached hydrogens (primary N) is 1. The van der Waals surface area contributed by atoms with Gasteiger partial charge >= 0.3 is 12.1 Å². The third-order valence-corrected chi connectivity index (χ3v) is 7.91. The Balaban J connectivity index is 0.00000312. The van der Waals surface area contributed by atoms with Crippen LogP contribution in [0.3, 0.4) is 0 Å². The van der Waals surface area contributed by atoms with E-state index in [9.17, 15) is 14.4 Å². The molecule has 1 fully saturated rings. The minimum absolute atomic E-state index is 0. The van der Waals surface area contributed by atoms with Gasteiger partial charge in [0.2, 0.25) is 5.75 Å². The average Bonchev–Trinajstić information content (AvgIpc) is 3.07. The molecular weight excluding hydrogens is 667 g/mol. The Morgan fingerprint density at radius 2 is 1.29 bits per heavy atom. The zero-order chi connectivity index (χ0) is 33.1. The van der Waals surface area contributed by atoms with Gasteiger partial charge in [-0.3, -0.25) is 9.36 Å². The summed E-state index contributed by atoms with van der Waals surface area (Å²) in [5.41, 5.74) is 6.84. The molecular formula is C33H38Cl2N4O9. The number of benzene rings is 3. The van der Waals surface area contributed by atoms with Crippen molar-refractivity contribution in [1.29, 1.82) is 0 Å². The molecule has 0 atom stereocenters. The van der Waals surface area contributed by atoms with Crippen molar-refractivity contribution >= 4 is 53.3 Å². The fourth-order valence-electron chi connectivity index (χ4n) is 5.47. The second-order valence-corrected chi connectivity index (χ2v) is 10.6. The van der Waals surface area contributed by atoms with Gasteiger partial charge in [-0.1, -0.05) is 0 Å². The molecule has 1 aromatic heterocycles. The molecule has 0 spiro atoms. The molecule has 3 aromatic carbocycles. The Kier molecular flexibility index (Phi) is 12.4. The molecule has 258 valence electrons. The van der Waals surface area contributed by atoms with Crippen molar-refractivity contribution in [2.24, 2.45) is 0 Å². The molecule has 0 unspecified atom stereocenters. The lowest BCUT2D eigenvalue weighted by molar-refractivity contribution is 0.0591. The van der Waals surface area contributed by atoms with Gasteiger partial charge < -0.3 is 44.0 Å². The summed E-state index contributed by atoms with van der Waals surface area (Å²) in [6.45, 7) is 2.38. The number of pyridine rings is 1. The highest BCUT2D eigenvalue weighted by Gasteiger charge is 2.29. The zero-order valence-corrected chi connectivity index (χ0v) is 29.0. The van der Waals surface area contributed by atoms with Crippen LogP contribution in [0.25, 0.3) is 27.6 Å². The van der Waals surface area contributed by atoms with Gasteiger partial charge in [0.25, 0.3) is 5.56 Å². The topological polar surface area (TPSA) is 144 Å². The number of likely N-dealkylation sites (N-methyl/N-ethyl adjacent to an activating group) is 1. The van der Waals surface area contributed by atoms with Crippen molar-refractivity contribution in [3.05, 3.63) is 64.6 Å². The maximum absolute atomic E-state index is 14.4. The van der Waals surface area contributed by atoms with Crippen molar-refractivity contribution in [2.45, 2.75) is 0 Å². The van der Waals surface area contributed by atoms with Crippen LogP contribution < -0.4 is 35.0 Å². The quantitative estimate of drug-likeness (QED) is 0.202. The normalized spacial score (nSPS) is 12.8. The molecule has 0 saturated carbocycles. The number of ether oxygens (including phenoxy) is 6. The number of nitrogens with zero attached hydrogens (tertiary/aromatic N) is 3. The molecule has 2 heterocycles. The molecule has 1 amide bonds. The number of amides is 1. The Morgan fingerprint density at radius 3 is 1.81 bits per heavy atom. The molecule has 1 saturated heterocycles. The van der Waals surface area contributed by atoms with E-state index in [0.717, 1.165) is 0 Å². The van der Waals surface area contributed by atoms with E-state index in [2.05, 4.69) is 4.90 Å². The molecule has 5 rings (SSSR count). The summed E-state index contributed by atoms with van der Waals surface area (Å²) in [6.07, 6.45) is -0.569. The van der Waals surface area contributed by atoms with Gasteiger partial charge in [-0.2, -0.15) is 0 Å². The van der Waals surface area contributed by atoms with Crippen molar-refractivity contribution in [1.82, 2.24) is 14.4 Å². The highest BCUT2D eigenvalue weighted by molar-refractivity contribution is 6.08. The molecule has 0 radical (unpaired) electrons. The van der Waals surface area contributed by atoms with E-state index in [1.54, 1.807) is 47.4 Å². The number of rotatable bonds is 8. The summed E-state index contributed by atoms with van der Waals surface area (Å²) in [5.74, 6) is 0.390. The van der Waals surface area contributed by atoms with Gasteiger partial charge in [0.1, 0.15) is 5.69 Å². The van der Waals surface area contributed by atoms with Crippen LogP contribution in [0.4, 0.5) is 10.5 Å². The van der Waals surface area contributed by atoms with Crippen molar-refractivity contribution in [2.75, 3.05) is 74.5 Å². The second-order valence-electron chi connectivity index (χ2n) is 10.6. The molecule has 0 aliphatic carbocycles. The van der Waals surface area contributed by atoms with Crippen LogP contribution in [0.15, 0.2) is 53.3 Å². The average molecular weight is 706 g/mol. The highest BCUT2D eigenvalue weighted by atomic mass is 35.5. The number of hydrogen-bond donors (Lipinski definition) is 1. The minimum atomic E-state index is -0.788. The van der Waals surface area contributed by atoms with Crippen LogP contribution in [0.5, 0.6) is 28.7 Å². The van der Waals surface area contributed by atoms with Crippen molar-refractivity contribution < 1.29 is 38.0 Å². The van der Waals surface area contributed by atoms with E-state index in [0.29, 0.717) is 71.3 Å². The largest absolute Gasteiger partial charge is 0.493 e. The summed E-state index contributed by atoms with van der Waals surface area (Å²) in [6, 6.07) is 12.8. The van der Waals surface area contributed by atoms with Gasteiger partial charge in [-0.25, -0.2) is 9.59 Å². The van der Waals surface area contributed by atoms with Crippen LogP contribution in [-0.4, -0.2) is 95.2 Å². The van der Waals surface area contributed by atoms with Crippen LogP contribution in [0.2, 0.25) is 0 Å². The Morgan fingerprint density at radius 1 is 0.729 bits per heavy atom. The molecule has 2 N–H and O–H groups in total. The predicted octanol–water partition coefficient (Wildman–Crippen LogP) is 4.65. The Labute approximate surface area is 289 Å². The van der Waals surface area contributed by atoms with Crippen LogP contribution in [-0.2, 0) is 4.74 Å². The smallest absolute Gasteiger partial charge is 0.415 e. The van der Waals surface area contributed by atoms with Crippen LogP contribution in [0, 0.1) is 0 Å². The number of aromatic nitrogens is 1. The first-order valence-electron chi connectivity index (χ1n) is 14.4. The molecule has 15 heteroatoms. The summed E-state index contributed by atoms with van der Waals surface area (Å²) < 4.78 is 34.7. The molecule has 48 heavy (non-hydrogen) atoms. The van der Waals surface area contributed by atoms with E-state index in [1.807, 2.05) is 7.05 Å². The van der Waals surface area contributed by atoms with Crippen molar-refractivity contribution in [3.8, 4) is 45.6 Å². The van der Waals surface area contributed by atoms with E-state index < -0.39 is 17.6 Å². The monoisotopic (exact) mass is 704 g/mol. The number of hydrogen-bond acceptors (Lipinski definition) is 11. The Hall–Kier alpha value is -4.85. The fraction of sp³-hybridized carbons (Fsp3) is 0.303. The Bertz CT molecular complexity index is 1830. The number of methoxy groups -OCH3 is 5. The first-order chi connectivity index (χ1) is 22.1. The lowest BCUT2D eigenvalue weighted by atomic mass is 9.95. The first-order valence-corrected chi connectivity index (χ1v) is 14.4. The maximum Gasteiger partial charge on any atom is 0.415 e. The standard InChI is InChI=1S/C33H36N4O9.2ClH/c1-35-11-13-36(14-12-35)33(40)46-25-18-23-22(17-24(25)41-2)28(19-15-26(42-3)30(44-5)27(16-19)43-4)29(32(39)45-6)37(31(23)38)21-9-7-20(34)8-10-21;;/h7-10,15-18H,11-14,34H2,1-6H3;2*1H. The number of carbonyl (C=O) groups is 2. The number of nitrogen functional groups attached to an aromatic ring is 1. The van der Waals surface area contributed by atoms with E-state index in [-0.39, 0.29) is 47.4 Å². The summed E-state index contributed by atoms with van der Waals surface area (Å²) in [7, 11) is 9.05. The highest BCUT2D eigenvalue weighted by Crippen LogP contribution is 2.45. The molecule has 1 aliphatic heterocycles. The van der Waals surface area contributed by atoms with E-state index in [1.165, 1.54) is 46.2 Å². The van der Waals surface area contributed by atoms with Gasteiger partial charge in [0.05, 0.1) is 40.9 Å². The lowest BCUT2D eigenvalue weighted by Gasteiger charge is -2.31. The van der Waals surface area contributed by atoms with Gasteiger partial charge in [-0.05, 0) is 61.1 Å². The molecule has 0 bridgehead atoms. The van der Waals surface area contributed by atoms with Gasteiger partial charge in [0, 0.05) is 48.5 Å². The second kappa shape index (κ2) is 15.8. The maximum atomic E-state index is 14.4. The third-order valence-electron chi connectivity index (χ3n) is 7.91. The number of piperazine rings is 1. The first kappa shape index (κ1) is 37.6. The van der Waals surface area contributed by atoms with Crippen LogP contribution in [0.1, 0.15) is 10.5 Å². The molecule has 4 aromatic rings. The predicted molar refractivity (Wildman–Crippen MR) is 187 cm³/mol. The van der Waals surface area contributed by atoms with E-state index in [4.69, 9.17) is 34.2 Å². The third kappa shape index (κ3) is 7.03. The van der Waals surface area contributed by atoms with Gasteiger partial charge in [-0.15, -0.1) is 24.8 Å². The number of esters is 1. The minimum Gasteiger partial charge on any atom is -0.493 e. The van der Waals surface area contributed by atoms with Crippen LogP contribution >= 0.6 is 24.8 Å². The summed E-state index contributed by atoms with van der Waals surface area (Å²) in [5, 5.41) is 0.456. The molecule has 13 nitrogen and oxygen atoms in total. The summed E-state index contributed by atoms with van der Waals surface area (Å²) >= 11 is 0. The van der Waals surface area contributed by atoms with Crippen molar-refractivity contribution in [3.63, 3.8) is 0 Å². The fourth-order valence-corrected chi connectivity index (χ4v) is 5.47. The number of carbonyl (C=O) groups excluding carboxylic acids is 2. The summed E-state index contributed by atoms with van der Waals surface area (Å²) in [4.78, 5) is 45.0. The molecule has 1 aliphatic rings.